The Morgan fingerprint density at radius 3 is 2.78 bits per heavy atom. The molecule has 0 fully saturated rings. The fourth-order valence-electron chi connectivity index (χ4n) is 3.10. The van der Waals surface area contributed by atoms with Crippen molar-refractivity contribution in [3.05, 3.63) is 51.3 Å². The van der Waals surface area contributed by atoms with Gasteiger partial charge in [-0.25, -0.2) is 9.78 Å². The van der Waals surface area contributed by atoms with Crippen molar-refractivity contribution in [2.45, 2.75) is 38.8 Å². The van der Waals surface area contributed by atoms with Crippen LogP contribution in [0.3, 0.4) is 0 Å². The Labute approximate surface area is 155 Å². The monoisotopic (exact) mass is 373 g/mol. The van der Waals surface area contributed by atoms with E-state index >= 15 is 0 Å². The Morgan fingerprint density at radius 1 is 1.30 bits per heavy atom. The summed E-state index contributed by atoms with van der Waals surface area (Å²) in [4.78, 5) is 40.6. The fourth-order valence-corrected chi connectivity index (χ4v) is 3.10. The number of furan rings is 1. The van der Waals surface area contributed by atoms with Crippen molar-refractivity contribution in [3.63, 3.8) is 0 Å². The zero-order valence-electron chi connectivity index (χ0n) is 15.6. The number of aromatic nitrogens is 4. The van der Waals surface area contributed by atoms with Crippen molar-refractivity contribution in [1.29, 1.82) is 0 Å². The Bertz CT molecular complexity index is 1060. The molecule has 0 spiro atoms. The van der Waals surface area contributed by atoms with Crippen molar-refractivity contribution >= 4 is 17.1 Å². The van der Waals surface area contributed by atoms with Crippen LogP contribution in [0.2, 0.25) is 0 Å². The number of carbonyl (C=O) groups excluding carboxylic acids is 1. The largest absolute Gasteiger partial charge is 0.469 e. The van der Waals surface area contributed by atoms with Gasteiger partial charge in [0, 0.05) is 39.5 Å². The predicted molar refractivity (Wildman–Crippen MR) is 99.5 cm³/mol. The second-order valence-corrected chi connectivity index (χ2v) is 6.67. The van der Waals surface area contributed by atoms with E-state index in [9.17, 15) is 14.4 Å². The van der Waals surface area contributed by atoms with Crippen LogP contribution in [0, 0.1) is 0 Å². The van der Waals surface area contributed by atoms with Gasteiger partial charge in [-0.15, -0.1) is 0 Å². The first-order chi connectivity index (χ1) is 12.9. The first kappa shape index (κ1) is 18.7. The lowest BCUT2D eigenvalue weighted by atomic mass is 10.2. The van der Waals surface area contributed by atoms with Crippen molar-refractivity contribution in [3.8, 4) is 0 Å². The highest BCUT2D eigenvalue weighted by Crippen LogP contribution is 2.08. The minimum atomic E-state index is -0.414. The van der Waals surface area contributed by atoms with E-state index in [0.717, 1.165) is 10.3 Å². The summed E-state index contributed by atoms with van der Waals surface area (Å²) in [5, 5.41) is 2.94. The molecule has 0 aromatic carbocycles. The van der Waals surface area contributed by atoms with Crippen molar-refractivity contribution in [1.82, 2.24) is 24.0 Å². The van der Waals surface area contributed by atoms with Crippen LogP contribution in [0.25, 0.3) is 11.2 Å². The maximum Gasteiger partial charge on any atom is 0.332 e. The molecule has 0 aliphatic heterocycles. The topological polar surface area (TPSA) is 104 Å². The average molecular weight is 373 g/mol. The van der Waals surface area contributed by atoms with E-state index < -0.39 is 5.69 Å². The number of fused-ring (bicyclic) bond motifs is 1. The van der Waals surface area contributed by atoms with Crippen LogP contribution in [0.15, 0.2) is 38.7 Å². The maximum absolute atomic E-state index is 12.4. The second kappa shape index (κ2) is 7.65. The van der Waals surface area contributed by atoms with E-state index in [1.165, 1.54) is 17.9 Å². The molecule has 0 aliphatic carbocycles. The van der Waals surface area contributed by atoms with Crippen molar-refractivity contribution in [2.24, 2.45) is 14.1 Å². The van der Waals surface area contributed by atoms with Crippen LogP contribution in [-0.4, -0.2) is 30.6 Å². The number of aryl methyl sites for hydroxylation is 2. The quantitative estimate of drug-likeness (QED) is 0.651. The number of amides is 1. The molecule has 3 aromatic rings. The van der Waals surface area contributed by atoms with Crippen LogP contribution in [0.1, 0.15) is 25.5 Å². The SMILES string of the molecule is CC(Cc1ccco1)NC(=O)CCCn1cnc2c1c(=O)n(C)c(=O)n2C. The molecule has 9 heteroatoms. The lowest BCUT2D eigenvalue weighted by Gasteiger charge is -2.12. The standard InChI is InChI=1S/C18H23N5O4/c1-12(10-13-6-5-9-27-13)20-14(24)7-4-8-23-11-19-16-15(23)17(25)22(3)18(26)21(16)2/h5-6,9,11-12H,4,7-8,10H2,1-3H3,(H,20,24). The number of hydrogen-bond acceptors (Lipinski definition) is 5. The Hall–Kier alpha value is -3.10. The lowest BCUT2D eigenvalue weighted by molar-refractivity contribution is -0.121. The first-order valence-electron chi connectivity index (χ1n) is 8.81. The minimum absolute atomic E-state index is 0.0282. The minimum Gasteiger partial charge on any atom is -0.469 e. The van der Waals surface area contributed by atoms with Crippen molar-refractivity contribution in [2.75, 3.05) is 0 Å². The number of nitrogens with one attached hydrogen (secondary N) is 1. The predicted octanol–water partition coefficient (Wildman–Crippen LogP) is 0.554. The van der Waals surface area contributed by atoms with Crippen LogP contribution in [0.5, 0.6) is 0 Å². The number of nitrogens with zero attached hydrogens (tertiary/aromatic N) is 4. The number of hydrogen-bond donors (Lipinski definition) is 1. The molecule has 3 rings (SSSR count). The zero-order chi connectivity index (χ0) is 19.6. The van der Waals surface area contributed by atoms with E-state index in [1.54, 1.807) is 17.9 Å². The zero-order valence-corrected chi connectivity index (χ0v) is 15.6. The summed E-state index contributed by atoms with van der Waals surface area (Å²) in [5.74, 6) is 0.771. The van der Waals surface area contributed by atoms with E-state index in [-0.39, 0.29) is 17.5 Å². The third kappa shape index (κ3) is 3.86. The number of rotatable bonds is 7. The van der Waals surface area contributed by atoms with E-state index in [4.69, 9.17) is 4.42 Å². The van der Waals surface area contributed by atoms with Crippen molar-refractivity contribution < 1.29 is 9.21 Å². The highest BCUT2D eigenvalue weighted by molar-refractivity contribution is 5.76. The van der Waals surface area contributed by atoms with Gasteiger partial charge in [0.15, 0.2) is 11.2 Å². The molecule has 27 heavy (non-hydrogen) atoms. The van der Waals surface area contributed by atoms with Gasteiger partial charge in [0.25, 0.3) is 5.56 Å². The van der Waals surface area contributed by atoms with E-state index in [2.05, 4.69) is 10.3 Å². The van der Waals surface area contributed by atoms with Gasteiger partial charge in [-0.1, -0.05) is 0 Å². The molecule has 0 saturated heterocycles. The van der Waals surface area contributed by atoms with E-state index in [1.807, 2.05) is 19.1 Å². The summed E-state index contributed by atoms with van der Waals surface area (Å²) in [6.45, 7) is 2.39. The summed E-state index contributed by atoms with van der Waals surface area (Å²) < 4.78 is 9.37. The van der Waals surface area contributed by atoms with Gasteiger partial charge >= 0.3 is 5.69 Å². The van der Waals surface area contributed by atoms with Gasteiger partial charge in [-0.2, -0.15) is 0 Å². The Balaban J connectivity index is 1.60. The molecule has 1 atom stereocenters. The molecule has 144 valence electrons. The number of imidazole rings is 1. The van der Waals surface area contributed by atoms with Crippen LogP contribution in [0.4, 0.5) is 0 Å². The summed E-state index contributed by atoms with van der Waals surface area (Å²) in [5.41, 5.74) is -0.0874. The van der Waals surface area contributed by atoms with Crippen LogP contribution < -0.4 is 16.6 Å². The molecule has 3 heterocycles. The van der Waals surface area contributed by atoms with Gasteiger partial charge in [0.05, 0.1) is 12.6 Å². The van der Waals surface area contributed by atoms with Crippen LogP contribution >= 0.6 is 0 Å². The molecular weight excluding hydrogens is 350 g/mol. The highest BCUT2D eigenvalue weighted by atomic mass is 16.3. The summed E-state index contributed by atoms with van der Waals surface area (Å²) in [6.07, 6.45) is 4.66. The molecule has 1 amide bonds. The van der Waals surface area contributed by atoms with Gasteiger partial charge < -0.3 is 14.3 Å². The third-order valence-corrected chi connectivity index (χ3v) is 4.51. The second-order valence-electron chi connectivity index (χ2n) is 6.67. The summed E-state index contributed by atoms with van der Waals surface area (Å²) >= 11 is 0. The Morgan fingerprint density at radius 2 is 2.07 bits per heavy atom. The van der Waals surface area contributed by atoms with E-state index in [0.29, 0.717) is 37.0 Å². The smallest absolute Gasteiger partial charge is 0.332 e. The molecule has 1 N–H and O–H groups in total. The van der Waals surface area contributed by atoms with Crippen LogP contribution in [-0.2, 0) is 31.9 Å². The molecule has 0 aliphatic rings. The summed E-state index contributed by atoms with van der Waals surface area (Å²) in [6, 6.07) is 3.67. The number of carbonyl (C=O) groups is 1. The van der Waals surface area contributed by atoms with Gasteiger partial charge in [-0.3, -0.25) is 18.7 Å². The molecule has 0 bridgehead atoms. The normalized spacial score (nSPS) is 12.4. The summed E-state index contributed by atoms with van der Waals surface area (Å²) in [7, 11) is 3.02. The van der Waals surface area contributed by atoms with Gasteiger partial charge in [-0.05, 0) is 25.5 Å². The maximum atomic E-state index is 12.4. The van der Waals surface area contributed by atoms with Gasteiger partial charge in [0.2, 0.25) is 5.91 Å². The Kier molecular flexibility index (Phi) is 5.29. The molecule has 3 aromatic heterocycles. The molecular formula is C18H23N5O4. The van der Waals surface area contributed by atoms with Gasteiger partial charge in [0.1, 0.15) is 5.76 Å². The molecule has 0 saturated carbocycles. The first-order valence-corrected chi connectivity index (χ1v) is 8.81. The molecule has 0 radical (unpaired) electrons. The highest BCUT2D eigenvalue weighted by Gasteiger charge is 2.15. The average Bonchev–Trinajstić information content (AvgIpc) is 3.28. The molecule has 9 nitrogen and oxygen atoms in total. The fraction of sp³-hybridized carbons (Fsp3) is 0.444. The third-order valence-electron chi connectivity index (χ3n) is 4.51. The molecule has 1 unspecified atom stereocenters. The lowest BCUT2D eigenvalue weighted by Crippen LogP contribution is -2.37.